The Labute approximate surface area is 233 Å². The van der Waals surface area contributed by atoms with E-state index >= 15 is 8.78 Å². The third kappa shape index (κ3) is 4.48. The van der Waals surface area contributed by atoms with E-state index in [4.69, 9.17) is 26.2 Å². The molecule has 210 valence electrons. The summed E-state index contributed by atoms with van der Waals surface area (Å²) in [6.45, 7) is -0.398. The minimum absolute atomic E-state index is 0.0118. The number of pyridine rings is 1. The Morgan fingerprint density at radius 2 is 2.02 bits per heavy atom. The van der Waals surface area contributed by atoms with E-state index < -0.39 is 52.8 Å². The molecule has 12 heteroatoms. The number of aromatic nitrogens is 1. The van der Waals surface area contributed by atoms with Crippen LogP contribution in [0.5, 0.6) is 11.6 Å². The van der Waals surface area contributed by atoms with Gasteiger partial charge in [0.2, 0.25) is 0 Å². The van der Waals surface area contributed by atoms with Gasteiger partial charge >= 0.3 is 6.09 Å². The maximum Gasteiger partial charge on any atom is 0.407 e. The molecule has 0 aliphatic carbocycles. The van der Waals surface area contributed by atoms with E-state index in [2.05, 4.69) is 10.3 Å². The first-order valence-electron chi connectivity index (χ1n) is 12.6. The van der Waals surface area contributed by atoms with Crippen LogP contribution in [0.2, 0.25) is 5.02 Å². The van der Waals surface area contributed by atoms with Gasteiger partial charge < -0.3 is 29.9 Å². The SMILES string of the molecule is CNC(=O)c1cnc(OCCO)c(F)c1-c1c(Cl)c(F)cc2c1C[C@](c1ccccc1)(C1CCCN1C(=O)O)O2. The first-order valence-corrected chi connectivity index (χ1v) is 13.0. The fourth-order valence-corrected chi connectivity index (χ4v) is 5.93. The Morgan fingerprint density at radius 3 is 2.70 bits per heavy atom. The molecular formula is C28H26ClF2N3O6. The molecule has 1 unspecified atom stereocenters. The highest BCUT2D eigenvalue weighted by molar-refractivity contribution is 6.34. The lowest BCUT2D eigenvalue weighted by Crippen LogP contribution is -2.52. The molecule has 2 amide bonds. The van der Waals surface area contributed by atoms with Crippen molar-refractivity contribution in [3.05, 3.63) is 75.9 Å². The summed E-state index contributed by atoms with van der Waals surface area (Å²) < 4.78 is 43.2. The number of halogens is 3. The Morgan fingerprint density at radius 1 is 1.27 bits per heavy atom. The molecule has 0 bridgehead atoms. The first-order chi connectivity index (χ1) is 19.2. The van der Waals surface area contributed by atoms with E-state index in [1.54, 1.807) is 30.3 Å². The Balaban J connectivity index is 1.76. The number of carbonyl (C=O) groups is 2. The van der Waals surface area contributed by atoms with Crippen molar-refractivity contribution in [2.24, 2.45) is 0 Å². The van der Waals surface area contributed by atoms with Gasteiger partial charge in [-0.05, 0) is 18.4 Å². The monoisotopic (exact) mass is 573 g/mol. The molecule has 2 atom stereocenters. The molecule has 40 heavy (non-hydrogen) atoms. The zero-order valence-electron chi connectivity index (χ0n) is 21.4. The summed E-state index contributed by atoms with van der Waals surface area (Å²) in [5, 5.41) is 21.1. The van der Waals surface area contributed by atoms with E-state index in [1.165, 1.54) is 11.9 Å². The number of benzene rings is 2. The topological polar surface area (TPSA) is 121 Å². The maximum absolute atomic E-state index is 16.0. The van der Waals surface area contributed by atoms with Crippen molar-refractivity contribution >= 4 is 23.6 Å². The number of aliphatic hydroxyl groups excluding tert-OH is 1. The van der Waals surface area contributed by atoms with Gasteiger partial charge in [0.15, 0.2) is 11.4 Å². The molecule has 0 saturated carbocycles. The Kier molecular flexibility index (Phi) is 7.52. The molecular weight excluding hydrogens is 548 g/mol. The summed E-state index contributed by atoms with van der Waals surface area (Å²) in [7, 11) is 1.35. The van der Waals surface area contributed by atoms with Crippen LogP contribution >= 0.6 is 11.6 Å². The van der Waals surface area contributed by atoms with Gasteiger partial charge in [0, 0.05) is 49.0 Å². The smallest absolute Gasteiger partial charge is 0.407 e. The number of nitrogens with zero attached hydrogens (tertiary/aromatic N) is 2. The van der Waals surface area contributed by atoms with Crippen molar-refractivity contribution < 1.29 is 38.1 Å². The Bertz CT molecular complexity index is 1470. The molecule has 0 spiro atoms. The maximum atomic E-state index is 16.0. The highest BCUT2D eigenvalue weighted by atomic mass is 35.5. The molecule has 1 saturated heterocycles. The van der Waals surface area contributed by atoms with Crippen LogP contribution in [0.4, 0.5) is 13.6 Å². The number of ether oxygens (including phenoxy) is 2. The van der Waals surface area contributed by atoms with E-state index in [-0.39, 0.29) is 35.5 Å². The highest BCUT2D eigenvalue weighted by Gasteiger charge is 2.54. The second-order valence-corrected chi connectivity index (χ2v) is 9.89. The predicted octanol–water partition coefficient (Wildman–Crippen LogP) is 4.38. The second kappa shape index (κ2) is 10.9. The number of hydrogen-bond acceptors (Lipinski definition) is 6. The average molecular weight is 574 g/mol. The van der Waals surface area contributed by atoms with Crippen LogP contribution in [0.3, 0.4) is 0 Å². The number of aliphatic hydroxyl groups is 1. The van der Waals surface area contributed by atoms with E-state index in [9.17, 15) is 14.7 Å². The number of nitrogens with one attached hydrogen (secondary N) is 1. The quantitative estimate of drug-likeness (QED) is 0.383. The molecule has 3 aromatic rings. The van der Waals surface area contributed by atoms with Crippen molar-refractivity contribution in [3.63, 3.8) is 0 Å². The summed E-state index contributed by atoms with van der Waals surface area (Å²) in [4.78, 5) is 30.2. The number of rotatable bonds is 7. The molecule has 5 rings (SSSR count). The number of fused-ring (bicyclic) bond motifs is 1. The van der Waals surface area contributed by atoms with Crippen molar-refractivity contribution in [1.82, 2.24) is 15.2 Å². The zero-order valence-corrected chi connectivity index (χ0v) is 22.2. The normalized spacial score (nSPS) is 19.7. The van der Waals surface area contributed by atoms with E-state index in [0.717, 1.165) is 12.3 Å². The van der Waals surface area contributed by atoms with Gasteiger partial charge in [-0.1, -0.05) is 41.9 Å². The summed E-state index contributed by atoms with van der Waals surface area (Å²) in [6.07, 6.45) is 1.05. The van der Waals surface area contributed by atoms with Gasteiger partial charge in [0.25, 0.3) is 11.8 Å². The second-order valence-electron chi connectivity index (χ2n) is 9.51. The van der Waals surface area contributed by atoms with E-state index in [1.807, 2.05) is 0 Å². The fourth-order valence-electron chi connectivity index (χ4n) is 5.67. The van der Waals surface area contributed by atoms with Gasteiger partial charge in [-0.3, -0.25) is 4.79 Å². The average Bonchev–Trinajstić information content (AvgIpc) is 3.60. The molecule has 2 aromatic carbocycles. The molecule has 1 fully saturated rings. The van der Waals surface area contributed by atoms with Gasteiger partial charge in [0.1, 0.15) is 18.2 Å². The lowest BCUT2D eigenvalue weighted by Gasteiger charge is -2.39. The van der Waals surface area contributed by atoms with Crippen LogP contribution < -0.4 is 14.8 Å². The number of likely N-dealkylation sites (tertiary alicyclic amines) is 1. The highest BCUT2D eigenvalue weighted by Crippen LogP contribution is 2.53. The van der Waals surface area contributed by atoms with E-state index in [0.29, 0.717) is 30.5 Å². The van der Waals surface area contributed by atoms with Crippen LogP contribution in [0.1, 0.15) is 34.3 Å². The third-order valence-corrected chi connectivity index (χ3v) is 7.73. The number of carbonyl (C=O) groups excluding carboxylic acids is 1. The molecule has 0 radical (unpaired) electrons. The fraction of sp³-hybridized carbons (Fsp3) is 0.321. The molecule has 1 aromatic heterocycles. The van der Waals surface area contributed by atoms with Crippen LogP contribution in [0.25, 0.3) is 11.1 Å². The minimum atomic E-state index is -1.28. The molecule has 2 aliphatic rings. The van der Waals surface area contributed by atoms with Crippen molar-refractivity contribution in [3.8, 4) is 22.8 Å². The van der Waals surface area contributed by atoms with Crippen LogP contribution in [-0.2, 0) is 12.0 Å². The van der Waals surface area contributed by atoms with Crippen LogP contribution in [0.15, 0.2) is 42.6 Å². The summed E-state index contributed by atoms with van der Waals surface area (Å²) in [5.41, 5.74) is -1.02. The van der Waals surface area contributed by atoms with Gasteiger partial charge in [0.05, 0.1) is 23.2 Å². The van der Waals surface area contributed by atoms with Crippen molar-refractivity contribution in [2.75, 3.05) is 26.8 Å². The van der Waals surface area contributed by atoms with Gasteiger partial charge in [-0.15, -0.1) is 0 Å². The standard InChI is InChI=1S/C28H26ClF2N3O6/c1-32-25(36)17-14-33-26(39-11-10-35)24(31)22(17)21-16-13-28(15-6-3-2-4-7-15,20-8-5-9-34(20)27(37)38)40-19(16)12-18(30)23(21)29/h2-4,6-7,12,14,20,35H,5,8-11,13H2,1H3,(H,32,36)(H,37,38)/t20?,28-/m0/s1. The minimum Gasteiger partial charge on any atom is -0.480 e. The van der Waals surface area contributed by atoms with Crippen molar-refractivity contribution in [1.29, 1.82) is 0 Å². The summed E-state index contributed by atoms with van der Waals surface area (Å²) in [6, 6.07) is 9.43. The Hall–Kier alpha value is -3.96. The number of amides is 2. The lowest BCUT2D eigenvalue weighted by molar-refractivity contribution is 0.00693. The zero-order chi connectivity index (χ0) is 28.6. The molecule has 9 nitrogen and oxygen atoms in total. The van der Waals surface area contributed by atoms with Crippen LogP contribution in [0, 0.1) is 11.6 Å². The first kappa shape index (κ1) is 27.6. The van der Waals surface area contributed by atoms with Gasteiger partial charge in [-0.25, -0.2) is 18.6 Å². The number of hydrogen-bond donors (Lipinski definition) is 3. The lowest BCUT2D eigenvalue weighted by atomic mass is 9.80. The molecule has 3 N–H and O–H groups in total. The third-order valence-electron chi connectivity index (χ3n) is 7.36. The van der Waals surface area contributed by atoms with Gasteiger partial charge in [-0.2, -0.15) is 0 Å². The number of carboxylic acid groups (broad SMARTS) is 1. The largest absolute Gasteiger partial charge is 0.480 e. The summed E-state index contributed by atoms with van der Waals surface area (Å²) >= 11 is 6.50. The molecule has 2 aliphatic heterocycles. The van der Waals surface area contributed by atoms with Crippen molar-refractivity contribution in [2.45, 2.75) is 30.9 Å². The predicted molar refractivity (Wildman–Crippen MR) is 141 cm³/mol. The summed E-state index contributed by atoms with van der Waals surface area (Å²) in [5.74, 6) is -3.15. The molecule has 3 heterocycles. The van der Waals surface area contributed by atoms with Crippen LogP contribution in [-0.4, -0.2) is 64.9 Å².